The Kier molecular flexibility index (Phi) is 3.87. The lowest BCUT2D eigenvalue weighted by atomic mass is 10.1. The van der Waals surface area contributed by atoms with Crippen molar-refractivity contribution in [1.29, 1.82) is 0 Å². The first-order chi connectivity index (χ1) is 5.29. The Morgan fingerprint density at radius 2 is 2.55 bits per heavy atom. The van der Waals surface area contributed by atoms with Crippen molar-refractivity contribution in [3.8, 4) is 0 Å². The monoisotopic (exact) mass is 216 g/mol. The van der Waals surface area contributed by atoms with Gasteiger partial charge in [-0.05, 0) is 19.3 Å². The maximum Gasteiger partial charge on any atom is 0.0783 e. The van der Waals surface area contributed by atoms with Crippen LogP contribution in [0, 0.1) is 0 Å². The number of rotatable bonds is 3. The lowest BCUT2D eigenvalue weighted by Crippen LogP contribution is -2.12. The maximum atomic E-state index is 5.51. The van der Waals surface area contributed by atoms with E-state index in [1.807, 2.05) is 0 Å². The molecule has 0 spiro atoms. The minimum Gasteiger partial charge on any atom is -0.369 e. The van der Waals surface area contributed by atoms with Crippen LogP contribution in [0.1, 0.15) is 19.3 Å². The Balaban J connectivity index is 2.20. The summed E-state index contributed by atoms with van der Waals surface area (Å²) in [5.74, 6) is 0. The van der Waals surface area contributed by atoms with Gasteiger partial charge >= 0.3 is 0 Å². The van der Waals surface area contributed by atoms with Crippen LogP contribution < -0.4 is 0 Å². The van der Waals surface area contributed by atoms with Crippen LogP contribution in [0.15, 0.2) is 23.2 Å². The van der Waals surface area contributed by atoms with Gasteiger partial charge in [0.25, 0.3) is 0 Å². The lowest BCUT2D eigenvalue weighted by Gasteiger charge is -2.16. The third-order valence-corrected chi connectivity index (χ3v) is 1.89. The first kappa shape index (κ1) is 9.01. The second kappa shape index (κ2) is 4.73. The van der Waals surface area contributed by atoms with Crippen molar-refractivity contribution in [2.45, 2.75) is 25.4 Å². The second-order valence-corrected chi connectivity index (χ2v) is 3.85. The van der Waals surface area contributed by atoms with Crippen molar-refractivity contribution in [2.24, 2.45) is 0 Å². The molecule has 0 heterocycles. The maximum absolute atomic E-state index is 5.51. The van der Waals surface area contributed by atoms with Gasteiger partial charge in [0, 0.05) is 4.48 Å². The summed E-state index contributed by atoms with van der Waals surface area (Å²) in [5, 5.41) is 0. The van der Waals surface area contributed by atoms with Crippen LogP contribution in [-0.4, -0.2) is 12.7 Å². The van der Waals surface area contributed by atoms with Gasteiger partial charge in [0.1, 0.15) is 0 Å². The van der Waals surface area contributed by atoms with Crippen LogP contribution in [0.3, 0.4) is 0 Å². The first-order valence-electron chi connectivity index (χ1n) is 3.90. The summed E-state index contributed by atoms with van der Waals surface area (Å²) in [6.45, 7) is 4.33. The van der Waals surface area contributed by atoms with Crippen molar-refractivity contribution in [3.63, 3.8) is 0 Å². The molecular formula is C9H13BrO. The predicted molar refractivity (Wildman–Crippen MR) is 50.8 cm³/mol. The molecule has 0 bridgehead atoms. The fourth-order valence-electron chi connectivity index (χ4n) is 1.12. The molecule has 1 aliphatic carbocycles. The van der Waals surface area contributed by atoms with E-state index in [1.54, 1.807) is 0 Å². The van der Waals surface area contributed by atoms with Gasteiger partial charge in [-0.2, -0.15) is 0 Å². The first-order valence-corrected chi connectivity index (χ1v) is 4.70. The largest absolute Gasteiger partial charge is 0.369 e. The topological polar surface area (TPSA) is 9.23 Å². The molecule has 0 amide bonds. The molecule has 0 aromatic carbocycles. The summed E-state index contributed by atoms with van der Waals surface area (Å²) in [6, 6.07) is 0. The van der Waals surface area contributed by atoms with Crippen molar-refractivity contribution in [2.75, 3.05) is 6.61 Å². The highest BCUT2D eigenvalue weighted by Crippen LogP contribution is 2.14. The van der Waals surface area contributed by atoms with E-state index in [2.05, 4.69) is 34.7 Å². The highest BCUT2D eigenvalue weighted by atomic mass is 79.9. The van der Waals surface area contributed by atoms with Crippen LogP contribution in [-0.2, 0) is 4.74 Å². The highest BCUT2D eigenvalue weighted by Gasteiger charge is 2.07. The molecule has 62 valence electrons. The smallest absolute Gasteiger partial charge is 0.0783 e. The van der Waals surface area contributed by atoms with Gasteiger partial charge in [-0.15, -0.1) is 0 Å². The van der Waals surface area contributed by atoms with E-state index in [0.717, 1.165) is 10.9 Å². The molecule has 1 aliphatic rings. The average Bonchev–Trinajstić information content (AvgIpc) is 2.03. The number of allylic oxidation sites excluding steroid dienone is 1. The molecule has 2 heteroatoms. The molecule has 0 fully saturated rings. The molecule has 0 aliphatic heterocycles. The number of ether oxygens (including phenoxy) is 1. The van der Waals surface area contributed by atoms with Crippen molar-refractivity contribution >= 4 is 15.9 Å². The van der Waals surface area contributed by atoms with E-state index in [9.17, 15) is 0 Å². The molecule has 1 rings (SSSR count). The Bertz CT molecular complexity index is 163. The fraction of sp³-hybridized carbons (Fsp3) is 0.556. The zero-order valence-corrected chi connectivity index (χ0v) is 8.14. The number of hydrogen-bond acceptors (Lipinski definition) is 1. The molecule has 0 saturated heterocycles. The Labute approximate surface area is 76.3 Å². The van der Waals surface area contributed by atoms with Gasteiger partial charge in [0.05, 0.1) is 12.7 Å². The lowest BCUT2D eigenvalue weighted by molar-refractivity contribution is 0.0969. The zero-order chi connectivity index (χ0) is 8.10. The van der Waals surface area contributed by atoms with Crippen molar-refractivity contribution in [3.05, 3.63) is 23.2 Å². The fourth-order valence-corrected chi connectivity index (χ4v) is 1.25. The summed E-state index contributed by atoms with van der Waals surface area (Å²) in [5.41, 5.74) is 0. The summed E-state index contributed by atoms with van der Waals surface area (Å²) in [4.78, 5) is 0. The molecule has 1 unspecified atom stereocenters. The molecule has 0 radical (unpaired) electrons. The zero-order valence-electron chi connectivity index (χ0n) is 6.55. The van der Waals surface area contributed by atoms with E-state index in [1.165, 1.54) is 12.8 Å². The van der Waals surface area contributed by atoms with Gasteiger partial charge in [0.2, 0.25) is 0 Å². The normalized spacial score (nSPS) is 23.5. The van der Waals surface area contributed by atoms with Crippen molar-refractivity contribution in [1.82, 2.24) is 0 Å². The Morgan fingerprint density at radius 3 is 3.09 bits per heavy atom. The molecule has 1 atom stereocenters. The SMILES string of the molecule is C=C(Br)COC1C=CCCC1. The van der Waals surface area contributed by atoms with Gasteiger partial charge in [0.15, 0.2) is 0 Å². The third-order valence-electron chi connectivity index (χ3n) is 1.66. The van der Waals surface area contributed by atoms with E-state index in [4.69, 9.17) is 4.74 Å². The van der Waals surface area contributed by atoms with Crippen LogP contribution in [0.4, 0.5) is 0 Å². The van der Waals surface area contributed by atoms with E-state index in [0.29, 0.717) is 12.7 Å². The molecule has 0 saturated carbocycles. The molecular weight excluding hydrogens is 204 g/mol. The summed E-state index contributed by atoms with van der Waals surface area (Å²) in [7, 11) is 0. The van der Waals surface area contributed by atoms with Crippen LogP contribution in [0.5, 0.6) is 0 Å². The average molecular weight is 217 g/mol. The Morgan fingerprint density at radius 1 is 1.73 bits per heavy atom. The Hall–Kier alpha value is -0.0800. The van der Waals surface area contributed by atoms with Gasteiger partial charge < -0.3 is 4.74 Å². The van der Waals surface area contributed by atoms with Crippen LogP contribution in [0.2, 0.25) is 0 Å². The van der Waals surface area contributed by atoms with Crippen LogP contribution in [0.25, 0.3) is 0 Å². The van der Waals surface area contributed by atoms with Crippen molar-refractivity contribution < 1.29 is 4.74 Å². The third kappa shape index (κ3) is 3.73. The molecule has 1 nitrogen and oxygen atoms in total. The molecule has 0 aromatic rings. The number of hydrogen-bond donors (Lipinski definition) is 0. The molecule has 0 N–H and O–H groups in total. The minimum atomic E-state index is 0.318. The predicted octanol–water partition coefficient (Wildman–Crippen LogP) is 3.02. The second-order valence-electron chi connectivity index (χ2n) is 2.73. The minimum absolute atomic E-state index is 0.318. The molecule has 0 aromatic heterocycles. The summed E-state index contributed by atoms with van der Waals surface area (Å²) >= 11 is 3.26. The van der Waals surface area contributed by atoms with E-state index in [-0.39, 0.29) is 0 Å². The van der Waals surface area contributed by atoms with Gasteiger partial charge in [-0.25, -0.2) is 0 Å². The summed E-state index contributed by atoms with van der Waals surface area (Å²) < 4.78 is 6.42. The van der Waals surface area contributed by atoms with Gasteiger partial charge in [-0.3, -0.25) is 0 Å². The van der Waals surface area contributed by atoms with Gasteiger partial charge in [-0.1, -0.05) is 34.7 Å². The number of halogens is 1. The van der Waals surface area contributed by atoms with E-state index >= 15 is 0 Å². The quantitative estimate of drug-likeness (QED) is 0.660. The standard InChI is InChI=1S/C9H13BrO/c1-8(10)7-11-9-5-3-2-4-6-9/h3,5,9H,1-2,4,6-7H2. The molecule has 11 heavy (non-hydrogen) atoms. The summed E-state index contributed by atoms with van der Waals surface area (Å²) in [6.07, 6.45) is 8.24. The highest BCUT2D eigenvalue weighted by molar-refractivity contribution is 9.11. The van der Waals surface area contributed by atoms with E-state index < -0.39 is 0 Å². The van der Waals surface area contributed by atoms with Crippen LogP contribution >= 0.6 is 15.9 Å².